The molecule has 1 aromatic carbocycles. The number of nitrogens with zero attached hydrogens (tertiary/aromatic N) is 1. The van der Waals surface area contributed by atoms with Crippen LogP contribution in [-0.2, 0) is 19.5 Å². The Morgan fingerprint density at radius 1 is 1.48 bits per heavy atom. The summed E-state index contributed by atoms with van der Waals surface area (Å²) in [6, 6.07) is 4.41. The van der Waals surface area contributed by atoms with Crippen LogP contribution < -0.4 is 4.72 Å². The number of sulfonamides is 1. The smallest absolute Gasteiger partial charge is 0.241 e. The molecular weight excluding hydrogens is 294 g/mol. The highest BCUT2D eigenvalue weighted by molar-refractivity contribution is 7.89. The lowest BCUT2D eigenvalue weighted by molar-refractivity contribution is 0.0440. The number of aromatic nitrogens is 2. The third kappa shape index (κ3) is 2.93. The zero-order chi connectivity index (χ0) is 14.9. The predicted molar refractivity (Wildman–Crippen MR) is 76.4 cm³/mol. The molecule has 2 N–H and O–H groups in total. The highest BCUT2D eigenvalue weighted by Crippen LogP contribution is 2.18. The summed E-state index contributed by atoms with van der Waals surface area (Å²) in [5.41, 5.74) is 1.41. The highest BCUT2D eigenvalue weighted by atomic mass is 32.2. The molecule has 0 unspecified atom stereocenters. The minimum Gasteiger partial charge on any atom is -0.377 e. The molecule has 0 saturated carbocycles. The fraction of sp³-hybridized carbons (Fsp3) is 0.462. The van der Waals surface area contributed by atoms with Crippen LogP contribution in [0, 0.1) is 0 Å². The normalized spacial score (nSPS) is 22.9. The summed E-state index contributed by atoms with van der Waals surface area (Å²) in [5.74, 6) is 0. The molecule has 1 fully saturated rings. The maximum Gasteiger partial charge on any atom is 0.241 e. The Kier molecular flexibility index (Phi) is 3.94. The third-order valence-corrected chi connectivity index (χ3v) is 4.91. The van der Waals surface area contributed by atoms with E-state index in [1.807, 2.05) is 6.92 Å². The van der Waals surface area contributed by atoms with Crippen molar-refractivity contribution >= 4 is 21.1 Å². The van der Waals surface area contributed by atoms with E-state index in [-0.39, 0.29) is 17.0 Å². The van der Waals surface area contributed by atoms with Crippen LogP contribution in [0.4, 0.5) is 0 Å². The van der Waals surface area contributed by atoms with E-state index in [9.17, 15) is 8.42 Å². The summed E-state index contributed by atoms with van der Waals surface area (Å²) >= 11 is 0. The van der Waals surface area contributed by atoms with Gasteiger partial charge >= 0.3 is 0 Å². The molecule has 21 heavy (non-hydrogen) atoms. The van der Waals surface area contributed by atoms with E-state index in [0.717, 1.165) is 5.52 Å². The number of hydrogen-bond donors (Lipinski definition) is 2. The molecule has 0 spiro atoms. The number of hydrogen-bond acceptors (Lipinski definition) is 5. The van der Waals surface area contributed by atoms with Crippen molar-refractivity contribution in [1.82, 2.24) is 14.7 Å². The number of H-pyrrole nitrogens is 1. The number of fused-ring (bicyclic) bond motifs is 1. The van der Waals surface area contributed by atoms with E-state index in [2.05, 4.69) is 14.7 Å². The molecule has 114 valence electrons. The molecule has 0 aliphatic carbocycles. The fourth-order valence-corrected chi connectivity index (χ4v) is 3.65. The van der Waals surface area contributed by atoms with Gasteiger partial charge in [0.25, 0.3) is 0 Å². The van der Waals surface area contributed by atoms with E-state index < -0.39 is 10.0 Å². The summed E-state index contributed by atoms with van der Waals surface area (Å²) in [4.78, 5) is 7.17. The van der Waals surface area contributed by atoms with Gasteiger partial charge in [0.15, 0.2) is 0 Å². The lowest BCUT2D eigenvalue weighted by Gasteiger charge is -2.18. The van der Waals surface area contributed by atoms with Gasteiger partial charge < -0.3 is 14.5 Å². The zero-order valence-electron chi connectivity index (χ0n) is 11.6. The largest absolute Gasteiger partial charge is 0.377 e. The van der Waals surface area contributed by atoms with Crippen LogP contribution in [0.1, 0.15) is 6.92 Å². The maximum absolute atomic E-state index is 12.4. The molecule has 3 rings (SSSR count). The molecule has 7 nitrogen and oxygen atoms in total. The molecule has 2 atom stereocenters. The van der Waals surface area contributed by atoms with Gasteiger partial charge in [-0.25, -0.2) is 18.1 Å². The number of nitrogens with one attached hydrogen (secondary N) is 2. The summed E-state index contributed by atoms with van der Waals surface area (Å²) in [5, 5.41) is 0. The Bertz CT molecular complexity index is 728. The molecule has 0 radical (unpaired) electrons. The van der Waals surface area contributed by atoms with Crippen molar-refractivity contribution in [3.05, 3.63) is 24.5 Å². The van der Waals surface area contributed by atoms with Crippen LogP contribution in [0.15, 0.2) is 29.4 Å². The van der Waals surface area contributed by atoms with Crippen molar-refractivity contribution < 1.29 is 17.9 Å². The van der Waals surface area contributed by atoms with E-state index in [0.29, 0.717) is 25.3 Å². The van der Waals surface area contributed by atoms with Crippen LogP contribution in [0.3, 0.4) is 0 Å². The van der Waals surface area contributed by atoms with Crippen molar-refractivity contribution in [2.24, 2.45) is 0 Å². The first-order chi connectivity index (χ1) is 10.1. The molecule has 1 saturated heterocycles. The van der Waals surface area contributed by atoms with Crippen molar-refractivity contribution in [2.45, 2.75) is 24.0 Å². The summed E-state index contributed by atoms with van der Waals surface area (Å²) in [6.07, 6.45) is 1.28. The van der Waals surface area contributed by atoms with Crippen LogP contribution in [-0.4, -0.2) is 50.4 Å². The molecule has 2 heterocycles. The van der Waals surface area contributed by atoms with Gasteiger partial charge in [-0.1, -0.05) is 0 Å². The van der Waals surface area contributed by atoms with Gasteiger partial charge in [-0.2, -0.15) is 0 Å². The fourth-order valence-electron chi connectivity index (χ4n) is 2.37. The number of benzene rings is 1. The molecule has 1 aliphatic heterocycles. The summed E-state index contributed by atoms with van der Waals surface area (Å²) in [6.45, 7) is 3.11. The Labute approximate surface area is 122 Å². The molecule has 0 bridgehead atoms. The van der Waals surface area contributed by atoms with Crippen LogP contribution >= 0.6 is 0 Å². The maximum atomic E-state index is 12.4. The lowest BCUT2D eigenvalue weighted by atomic mass is 10.2. The Morgan fingerprint density at radius 2 is 2.33 bits per heavy atom. The minimum atomic E-state index is -3.62. The van der Waals surface area contributed by atoms with Gasteiger partial charge in [0.2, 0.25) is 10.0 Å². The number of ether oxygens (including phenoxy) is 2. The van der Waals surface area contributed by atoms with E-state index >= 15 is 0 Å². The highest BCUT2D eigenvalue weighted by Gasteiger charge is 2.32. The van der Waals surface area contributed by atoms with Gasteiger partial charge in [0, 0.05) is 6.61 Å². The molecule has 2 aromatic rings. The van der Waals surface area contributed by atoms with Crippen LogP contribution in [0.25, 0.3) is 11.0 Å². The number of rotatable bonds is 5. The predicted octanol–water partition coefficient (Wildman–Crippen LogP) is 0.645. The zero-order valence-corrected chi connectivity index (χ0v) is 12.4. The third-order valence-electron chi connectivity index (χ3n) is 3.42. The quantitative estimate of drug-likeness (QED) is 0.845. The van der Waals surface area contributed by atoms with Crippen LogP contribution in [0.5, 0.6) is 0 Å². The Hall–Kier alpha value is -1.48. The lowest BCUT2D eigenvalue weighted by Crippen LogP contribution is -2.43. The average molecular weight is 311 g/mol. The summed E-state index contributed by atoms with van der Waals surface area (Å²) in [7, 11) is -3.62. The Morgan fingerprint density at radius 3 is 3.14 bits per heavy atom. The molecule has 0 amide bonds. The van der Waals surface area contributed by atoms with Crippen molar-refractivity contribution in [3.63, 3.8) is 0 Å². The number of aromatic amines is 1. The second-order valence-corrected chi connectivity index (χ2v) is 6.55. The first-order valence-electron chi connectivity index (χ1n) is 6.75. The van der Waals surface area contributed by atoms with Gasteiger partial charge in [0.05, 0.1) is 47.6 Å². The van der Waals surface area contributed by atoms with E-state index in [4.69, 9.17) is 9.47 Å². The van der Waals surface area contributed by atoms with Gasteiger partial charge in [0.1, 0.15) is 0 Å². The van der Waals surface area contributed by atoms with Gasteiger partial charge in [-0.05, 0) is 25.1 Å². The monoisotopic (exact) mass is 311 g/mol. The van der Waals surface area contributed by atoms with Crippen molar-refractivity contribution in [1.29, 1.82) is 0 Å². The topological polar surface area (TPSA) is 93.3 Å². The van der Waals surface area contributed by atoms with Crippen molar-refractivity contribution in [3.8, 4) is 0 Å². The molecule has 8 heteroatoms. The van der Waals surface area contributed by atoms with E-state index in [1.54, 1.807) is 12.1 Å². The Balaban J connectivity index is 1.82. The van der Waals surface area contributed by atoms with Crippen LogP contribution in [0.2, 0.25) is 0 Å². The van der Waals surface area contributed by atoms with Gasteiger partial charge in [-0.3, -0.25) is 0 Å². The second-order valence-electron chi connectivity index (χ2n) is 4.84. The van der Waals surface area contributed by atoms with E-state index in [1.165, 1.54) is 12.4 Å². The van der Waals surface area contributed by atoms with Gasteiger partial charge in [-0.15, -0.1) is 0 Å². The standard InChI is InChI=1S/C13H17N3O4S/c1-2-20-13-7-19-6-12(13)16-21(17,18)9-3-4-10-11(5-9)15-8-14-10/h3-5,8,12-13,16H,2,6-7H2,1H3,(H,14,15)/t12-,13-/m0/s1. The van der Waals surface area contributed by atoms with Crippen molar-refractivity contribution in [2.75, 3.05) is 19.8 Å². The first-order valence-corrected chi connectivity index (χ1v) is 8.23. The summed E-state index contributed by atoms with van der Waals surface area (Å²) < 4.78 is 38.3. The average Bonchev–Trinajstić information content (AvgIpc) is 3.07. The molecule has 1 aliphatic rings. The molecular formula is C13H17N3O4S. The number of imidazole rings is 1. The minimum absolute atomic E-state index is 0.196. The molecule has 1 aromatic heterocycles. The second kappa shape index (κ2) is 5.72. The SMILES string of the molecule is CCO[C@H]1COC[C@@H]1NS(=O)(=O)c1ccc2nc[nH]c2c1. The first kappa shape index (κ1) is 14.5.